The van der Waals surface area contributed by atoms with Gasteiger partial charge in [-0.3, -0.25) is 9.59 Å². The van der Waals surface area contributed by atoms with Crippen LogP contribution in [0.2, 0.25) is 0 Å². The van der Waals surface area contributed by atoms with Crippen molar-refractivity contribution in [2.24, 2.45) is 0 Å². The second kappa shape index (κ2) is 8.16. The van der Waals surface area contributed by atoms with E-state index in [2.05, 4.69) is 9.88 Å². The van der Waals surface area contributed by atoms with Crippen LogP contribution in [0.4, 0.5) is 5.82 Å². The first-order valence-electron chi connectivity index (χ1n) is 9.02. The zero-order valence-corrected chi connectivity index (χ0v) is 14.7. The van der Waals surface area contributed by atoms with Crippen LogP contribution in [-0.2, 0) is 14.4 Å². The molecule has 0 unspecified atom stereocenters. The van der Waals surface area contributed by atoms with Gasteiger partial charge in [-0.1, -0.05) is 6.07 Å². The lowest BCUT2D eigenvalue weighted by Crippen LogP contribution is -2.49. The van der Waals surface area contributed by atoms with E-state index in [1.165, 1.54) is 4.90 Å². The lowest BCUT2D eigenvalue weighted by molar-refractivity contribution is -0.148. The smallest absolute Gasteiger partial charge is 0.326 e. The number of piperazine rings is 1. The highest BCUT2D eigenvalue weighted by Gasteiger charge is 2.34. The fourth-order valence-corrected chi connectivity index (χ4v) is 3.56. The molecule has 2 aliphatic heterocycles. The number of carboxylic acids is 1. The molecular formula is C18H24N4O4. The molecule has 2 amide bonds. The maximum Gasteiger partial charge on any atom is 0.326 e. The molecule has 0 aliphatic carbocycles. The Morgan fingerprint density at radius 3 is 2.42 bits per heavy atom. The van der Waals surface area contributed by atoms with Crippen LogP contribution in [0, 0.1) is 0 Å². The summed E-state index contributed by atoms with van der Waals surface area (Å²) < 4.78 is 0. The van der Waals surface area contributed by atoms with Crippen molar-refractivity contribution in [3.05, 3.63) is 24.4 Å². The molecular weight excluding hydrogens is 336 g/mol. The van der Waals surface area contributed by atoms with Gasteiger partial charge in [-0.15, -0.1) is 0 Å². The Morgan fingerprint density at radius 1 is 1.04 bits per heavy atom. The van der Waals surface area contributed by atoms with E-state index in [1.54, 1.807) is 11.1 Å². The van der Waals surface area contributed by atoms with Gasteiger partial charge < -0.3 is 19.8 Å². The number of carboxylic acid groups (broad SMARTS) is 1. The summed E-state index contributed by atoms with van der Waals surface area (Å²) in [7, 11) is 0. The van der Waals surface area contributed by atoms with Gasteiger partial charge in [0.2, 0.25) is 11.8 Å². The summed E-state index contributed by atoms with van der Waals surface area (Å²) in [5.74, 6) is -0.350. The Kier molecular flexibility index (Phi) is 5.70. The molecule has 3 heterocycles. The summed E-state index contributed by atoms with van der Waals surface area (Å²) in [6, 6.07) is 5.02. The number of aliphatic carboxylic acids is 1. The average molecular weight is 360 g/mol. The molecule has 0 bridgehead atoms. The fraction of sp³-hybridized carbons (Fsp3) is 0.556. The van der Waals surface area contributed by atoms with Crippen molar-refractivity contribution in [2.75, 3.05) is 37.6 Å². The number of anilines is 1. The number of aromatic nitrogens is 1. The van der Waals surface area contributed by atoms with E-state index in [-0.39, 0.29) is 24.7 Å². The SMILES string of the molecule is O=C(O)[C@@H]1CCCN1C(=O)CCC(=O)N1CCN(c2ccccn2)CC1. The molecule has 3 rings (SSSR count). The van der Waals surface area contributed by atoms with Gasteiger partial charge >= 0.3 is 5.97 Å². The Hall–Kier alpha value is -2.64. The van der Waals surface area contributed by atoms with E-state index in [9.17, 15) is 14.4 Å². The van der Waals surface area contributed by atoms with E-state index < -0.39 is 12.0 Å². The summed E-state index contributed by atoms with van der Waals surface area (Å²) in [5.41, 5.74) is 0. The third-order valence-electron chi connectivity index (χ3n) is 5.02. The highest BCUT2D eigenvalue weighted by Crippen LogP contribution is 2.19. The van der Waals surface area contributed by atoms with Gasteiger partial charge in [0.15, 0.2) is 0 Å². The predicted molar refractivity (Wildman–Crippen MR) is 94.6 cm³/mol. The molecule has 26 heavy (non-hydrogen) atoms. The van der Waals surface area contributed by atoms with Gasteiger partial charge in [-0.2, -0.15) is 0 Å². The number of carbonyl (C=O) groups excluding carboxylic acids is 2. The van der Waals surface area contributed by atoms with Crippen molar-refractivity contribution < 1.29 is 19.5 Å². The molecule has 0 radical (unpaired) electrons. The molecule has 1 atom stereocenters. The van der Waals surface area contributed by atoms with E-state index in [0.29, 0.717) is 45.6 Å². The normalized spacial score (nSPS) is 20.3. The van der Waals surface area contributed by atoms with Gasteiger partial charge in [-0.05, 0) is 25.0 Å². The average Bonchev–Trinajstić information content (AvgIpc) is 3.17. The minimum atomic E-state index is -0.965. The highest BCUT2D eigenvalue weighted by molar-refractivity contribution is 5.87. The summed E-state index contributed by atoms with van der Waals surface area (Å²) in [4.78, 5) is 45.4. The first kappa shape index (κ1) is 18.2. The standard InChI is InChI=1S/C18H24N4O4/c23-16(6-7-17(24)22-9-3-4-14(22)18(25)26)21-12-10-20(11-13-21)15-5-1-2-8-19-15/h1-2,5,8,14H,3-4,6-7,9-13H2,(H,25,26)/t14-/m0/s1. The largest absolute Gasteiger partial charge is 0.480 e. The van der Waals surface area contributed by atoms with E-state index in [4.69, 9.17) is 5.11 Å². The quantitative estimate of drug-likeness (QED) is 0.826. The zero-order valence-electron chi connectivity index (χ0n) is 14.7. The molecule has 0 spiro atoms. The van der Waals surface area contributed by atoms with Crippen molar-refractivity contribution in [2.45, 2.75) is 31.7 Å². The molecule has 140 valence electrons. The Balaban J connectivity index is 1.44. The first-order chi connectivity index (χ1) is 12.6. The van der Waals surface area contributed by atoms with Gasteiger partial charge in [0.25, 0.3) is 0 Å². The second-order valence-corrected chi connectivity index (χ2v) is 6.64. The summed E-state index contributed by atoms with van der Waals surface area (Å²) in [6.07, 6.45) is 3.15. The predicted octanol–water partition coefficient (Wildman–Crippen LogP) is 0.586. The summed E-state index contributed by atoms with van der Waals surface area (Å²) in [6.45, 7) is 3.09. The topological polar surface area (TPSA) is 94.0 Å². The number of amides is 2. The zero-order chi connectivity index (χ0) is 18.5. The second-order valence-electron chi connectivity index (χ2n) is 6.64. The van der Waals surface area contributed by atoms with Crippen molar-refractivity contribution in [3.63, 3.8) is 0 Å². The lowest BCUT2D eigenvalue weighted by Gasteiger charge is -2.35. The van der Waals surface area contributed by atoms with Crippen LogP contribution in [0.3, 0.4) is 0 Å². The molecule has 8 heteroatoms. The Labute approximate surface area is 152 Å². The lowest BCUT2D eigenvalue weighted by atomic mass is 10.2. The third-order valence-corrected chi connectivity index (χ3v) is 5.02. The van der Waals surface area contributed by atoms with Crippen LogP contribution >= 0.6 is 0 Å². The number of hydrogen-bond acceptors (Lipinski definition) is 5. The van der Waals surface area contributed by atoms with Gasteiger partial charge in [0.05, 0.1) is 0 Å². The van der Waals surface area contributed by atoms with E-state index in [0.717, 1.165) is 5.82 Å². The number of pyridine rings is 1. The molecule has 1 aromatic rings. The highest BCUT2D eigenvalue weighted by atomic mass is 16.4. The molecule has 1 aromatic heterocycles. The molecule has 2 saturated heterocycles. The Bertz CT molecular complexity index is 658. The maximum atomic E-state index is 12.4. The van der Waals surface area contributed by atoms with Crippen LogP contribution in [0.5, 0.6) is 0 Å². The molecule has 0 saturated carbocycles. The van der Waals surface area contributed by atoms with Crippen LogP contribution in [-0.4, -0.2) is 76.4 Å². The van der Waals surface area contributed by atoms with Crippen molar-refractivity contribution >= 4 is 23.6 Å². The molecule has 8 nitrogen and oxygen atoms in total. The number of rotatable bonds is 5. The van der Waals surface area contributed by atoms with E-state index in [1.807, 2.05) is 18.2 Å². The fourth-order valence-electron chi connectivity index (χ4n) is 3.56. The van der Waals surface area contributed by atoms with Crippen LogP contribution in [0.25, 0.3) is 0 Å². The van der Waals surface area contributed by atoms with Crippen LogP contribution in [0.15, 0.2) is 24.4 Å². The van der Waals surface area contributed by atoms with Gasteiger partial charge in [-0.25, -0.2) is 9.78 Å². The van der Waals surface area contributed by atoms with Gasteiger partial charge in [0.1, 0.15) is 11.9 Å². The number of carbonyl (C=O) groups is 3. The van der Waals surface area contributed by atoms with Crippen molar-refractivity contribution in [3.8, 4) is 0 Å². The van der Waals surface area contributed by atoms with Crippen molar-refractivity contribution in [1.29, 1.82) is 0 Å². The minimum Gasteiger partial charge on any atom is -0.480 e. The van der Waals surface area contributed by atoms with Crippen LogP contribution < -0.4 is 4.90 Å². The van der Waals surface area contributed by atoms with E-state index >= 15 is 0 Å². The summed E-state index contributed by atoms with van der Waals surface area (Å²) >= 11 is 0. The maximum absolute atomic E-state index is 12.4. The number of hydrogen-bond donors (Lipinski definition) is 1. The monoisotopic (exact) mass is 360 g/mol. The van der Waals surface area contributed by atoms with Crippen LogP contribution in [0.1, 0.15) is 25.7 Å². The molecule has 0 aromatic carbocycles. The third kappa shape index (κ3) is 4.12. The number of likely N-dealkylation sites (tertiary alicyclic amines) is 1. The van der Waals surface area contributed by atoms with Gasteiger partial charge in [0, 0.05) is 51.8 Å². The summed E-state index contributed by atoms with van der Waals surface area (Å²) in [5, 5.41) is 9.15. The van der Waals surface area contributed by atoms with Crippen molar-refractivity contribution in [1.82, 2.24) is 14.8 Å². The molecule has 2 aliphatic rings. The number of nitrogens with zero attached hydrogens (tertiary/aromatic N) is 4. The first-order valence-corrected chi connectivity index (χ1v) is 9.02. The minimum absolute atomic E-state index is 0.0508. The Morgan fingerprint density at radius 2 is 1.77 bits per heavy atom. The molecule has 2 fully saturated rings. The molecule has 1 N–H and O–H groups in total.